The molecule has 6 heteroatoms. The molecule has 0 radical (unpaired) electrons. The quantitative estimate of drug-likeness (QED) is 0.770. The van der Waals surface area contributed by atoms with E-state index in [0.29, 0.717) is 24.9 Å². The van der Waals surface area contributed by atoms with Crippen molar-refractivity contribution in [2.75, 3.05) is 19.6 Å². The van der Waals surface area contributed by atoms with Gasteiger partial charge in [-0.2, -0.15) is 0 Å². The number of carbonyl (C=O) groups is 2. The summed E-state index contributed by atoms with van der Waals surface area (Å²) in [5.74, 6) is -0.0264. The third-order valence-electron chi connectivity index (χ3n) is 4.25. The molecule has 0 spiro atoms. The Labute approximate surface area is 113 Å². The summed E-state index contributed by atoms with van der Waals surface area (Å²) in [4.78, 5) is 26.5. The number of likely N-dealkylation sites (tertiary alicyclic amines) is 2. The van der Waals surface area contributed by atoms with Crippen molar-refractivity contribution < 1.29 is 19.8 Å². The highest BCUT2D eigenvalue weighted by molar-refractivity contribution is 5.83. The lowest BCUT2D eigenvalue weighted by molar-refractivity contribution is -0.141. The molecule has 19 heavy (non-hydrogen) atoms. The van der Waals surface area contributed by atoms with Crippen LogP contribution in [-0.2, 0) is 4.79 Å². The molecule has 2 amide bonds. The Morgan fingerprint density at radius 3 is 2.47 bits per heavy atom. The molecule has 0 saturated carbocycles. The molecule has 0 aliphatic carbocycles. The highest BCUT2D eigenvalue weighted by Gasteiger charge is 2.42. The first-order valence-corrected chi connectivity index (χ1v) is 6.86. The smallest absolute Gasteiger partial charge is 0.326 e. The zero-order valence-corrected chi connectivity index (χ0v) is 11.5. The zero-order valence-electron chi connectivity index (χ0n) is 11.5. The number of aliphatic carboxylic acids is 1. The summed E-state index contributed by atoms with van der Waals surface area (Å²) in [6, 6.07) is -1.13. The molecule has 3 atom stereocenters. The molecular weight excluding hydrogens is 248 g/mol. The first-order chi connectivity index (χ1) is 8.90. The zero-order chi connectivity index (χ0) is 14.2. The third kappa shape index (κ3) is 2.83. The second-order valence-electron chi connectivity index (χ2n) is 5.92. The Morgan fingerprint density at radius 2 is 1.95 bits per heavy atom. The van der Waals surface area contributed by atoms with Crippen molar-refractivity contribution in [3.8, 4) is 0 Å². The number of urea groups is 1. The first kappa shape index (κ1) is 14.1. The molecule has 2 fully saturated rings. The Morgan fingerprint density at radius 1 is 1.26 bits per heavy atom. The van der Waals surface area contributed by atoms with E-state index in [2.05, 4.69) is 13.8 Å². The average Bonchev–Trinajstić information content (AvgIpc) is 2.94. The van der Waals surface area contributed by atoms with Crippen LogP contribution < -0.4 is 0 Å². The first-order valence-electron chi connectivity index (χ1n) is 6.86. The van der Waals surface area contributed by atoms with E-state index in [-0.39, 0.29) is 19.0 Å². The topological polar surface area (TPSA) is 81.1 Å². The summed E-state index contributed by atoms with van der Waals surface area (Å²) in [6.45, 7) is 5.77. The summed E-state index contributed by atoms with van der Waals surface area (Å²) in [7, 11) is 0. The number of aliphatic hydroxyl groups excluding tert-OH is 1. The summed E-state index contributed by atoms with van der Waals surface area (Å²) >= 11 is 0. The molecule has 2 N–H and O–H groups in total. The number of hydrogen-bond acceptors (Lipinski definition) is 3. The molecule has 2 heterocycles. The molecule has 108 valence electrons. The number of rotatable bonds is 2. The second-order valence-corrected chi connectivity index (χ2v) is 5.92. The summed E-state index contributed by atoms with van der Waals surface area (Å²) in [5, 5.41) is 18.7. The van der Waals surface area contributed by atoms with Crippen LogP contribution in [0.15, 0.2) is 0 Å². The molecule has 2 saturated heterocycles. The van der Waals surface area contributed by atoms with Gasteiger partial charge in [0, 0.05) is 26.1 Å². The van der Waals surface area contributed by atoms with Crippen LogP contribution in [0.3, 0.4) is 0 Å². The van der Waals surface area contributed by atoms with Crippen molar-refractivity contribution in [2.24, 2.45) is 11.8 Å². The minimum atomic E-state index is -1.04. The molecule has 0 aromatic rings. The Balaban J connectivity index is 2.01. The number of nitrogens with zero attached hydrogens (tertiary/aromatic N) is 2. The number of carboxylic acids is 1. The fourth-order valence-corrected chi connectivity index (χ4v) is 2.95. The number of carbonyl (C=O) groups excluding carboxylic acids is 1. The predicted molar refractivity (Wildman–Crippen MR) is 68.7 cm³/mol. The minimum Gasteiger partial charge on any atom is -0.480 e. The van der Waals surface area contributed by atoms with Crippen molar-refractivity contribution in [1.82, 2.24) is 9.80 Å². The van der Waals surface area contributed by atoms with E-state index in [4.69, 9.17) is 5.11 Å². The van der Waals surface area contributed by atoms with Gasteiger partial charge in [-0.1, -0.05) is 13.8 Å². The number of aliphatic hydroxyl groups is 1. The van der Waals surface area contributed by atoms with Crippen LogP contribution in [0.2, 0.25) is 0 Å². The van der Waals surface area contributed by atoms with E-state index in [1.807, 2.05) is 0 Å². The van der Waals surface area contributed by atoms with E-state index in [9.17, 15) is 14.7 Å². The van der Waals surface area contributed by atoms with Crippen LogP contribution in [0, 0.1) is 11.8 Å². The standard InChI is InChI=1S/C13H22N2O4/c1-8(2)9-3-4-14(6-9)13(19)15-7-10(16)5-11(15)12(17)18/h8-11,16H,3-7H2,1-2H3,(H,17,18)/t9?,10?,11-/m0/s1. The van der Waals surface area contributed by atoms with Gasteiger partial charge in [0.2, 0.25) is 0 Å². The van der Waals surface area contributed by atoms with Gasteiger partial charge >= 0.3 is 12.0 Å². The molecule has 0 aromatic heterocycles. The summed E-state index contributed by atoms with van der Waals surface area (Å²) in [5.41, 5.74) is 0. The molecule has 2 aliphatic rings. The minimum absolute atomic E-state index is 0.124. The van der Waals surface area contributed by atoms with Gasteiger partial charge in [0.05, 0.1) is 6.10 Å². The lowest BCUT2D eigenvalue weighted by Crippen LogP contribution is -2.47. The predicted octanol–water partition coefficient (Wildman–Crippen LogP) is 0.604. The Hall–Kier alpha value is -1.30. The highest BCUT2D eigenvalue weighted by atomic mass is 16.4. The van der Waals surface area contributed by atoms with E-state index in [1.54, 1.807) is 4.90 Å². The average molecular weight is 270 g/mol. The fraction of sp³-hybridized carbons (Fsp3) is 0.846. The van der Waals surface area contributed by atoms with Gasteiger partial charge in [-0.15, -0.1) is 0 Å². The summed E-state index contributed by atoms with van der Waals surface area (Å²) in [6.07, 6.45) is 0.369. The van der Waals surface area contributed by atoms with E-state index >= 15 is 0 Å². The molecule has 0 aromatic carbocycles. The van der Waals surface area contributed by atoms with Gasteiger partial charge < -0.3 is 20.0 Å². The normalized spacial score (nSPS) is 31.3. The number of amides is 2. The second kappa shape index (κ2) is 5.36. The lowest BCUT2D eigenvalue weighted by atomic mass is 9.95. The maximum absolute atomic E-state index is 12.4. The van der Waals surface area contributed by atoms with Crippen LogP contribution in [0.1, 0.15) is 26.7 Å². The molecule has 2 aliphatic heterocycles. The van der Waals surface area contributed by atoms with Crippen molar-refractivity contribution in [1.29, 1.82) is 0 Å². The van der Waals surface area contributed by atoms with E-state index < -0.39 is 18.1 Å². The molecule has 6 nitrogen and oxygen atoms in total. The maximum atomic E-state index is 12.4. The van der Waals surface area contributed by atoms with Crippen molar-refractivity contribution in [3.63, 3.8) is 0 Å². The van der Waals surface area contributed by atoms with Crippen LogP contribution in [-0.4, -0.2) is 63.8 Å². The van der Waals surface area contributed by atoms with Gasteiger partial charge in [0.25, 0.3) is 0 Å². The van der Waals surface area contributed by atoms with Gasteiger partial charge in [-0.3, -0.25) is 0 Å². The Bertz CT molecular complexity index is 372. The Kier molecular flexibility index (Phi) is 3.99. The SMILES string of the molecule is CC(C)C1CCN(C(=O)N2CC(O)C[C@H]2C(=O)O)C1. The summed E-state index contributed by atoms with van der Waals surface area (Å²) < 4.78 is 0. The lowest BCUT2D eigenvalue weighted by Gasteiger charge is -2.27. The largest absolute Gasteiger partial charge is 0.480 e. The monoisotopic (exact) mass is 270 g/mol. The van der Waals surface area contributed by atoms with Crippen molar-refractivity contribution >= 4 is 12.0 Å². The number of carboxylic acid groups (broad SMARTS) is 1. The third-order valence-corrected chi connectivity index (χ3v) is 4.25. The van der Waals surface area contributed by atoms with Crippen molar-refractivity contribution in [3.05, 3.63) is 0 Å². The van der Waals surface area contributed by atoms with Crippen LogP contribution in [0.25, 0.3) is 0 Å². The van der Waals surface area contributed by atoms with Gasteiger partial charge in [0.1, 0.15) is 6.04 Å². The fourth-order valence-electron chi connectivity index (χ4n) is 2.95. The molecule has 2 unspecified atom stereocenters. The van der Waals surface area contributed by atoms with Gasteiger partial charge in [-0.05, 0) is 18.3 Å². The molecule has 0 bridgehead atoms. The van der Waals surface area contributed by atoms with Gasteiger partial charge in [-0.25, -0.2) is 9.59 Å². The van der Waals surface area contributed by atoms with E-state index in [0.717, 1.165) is 6.42 Å². The van der Waals surface area contributed by atoms with E-state index in [1.165, 1.54) is 4.90 Å². The van der Waals surface area contributed by atoms with Gasteiger partial charge in [0.15, 0.2) is 0 Å². The van der Waals surface area contributed by atoms with Crippen LogP contribution in [0.5, 0.6) is 0 Å². The van der Waals surface area contributed by atoms with Crippen molar-refractivity contribution in [2.45, 2.75) is 38.8 Å². The molecular formula is C13H22N2O4. The maximum Gasteiger partial charge on any atom is 0.326 e. The highest BCUT2D eigenvalue weighted by Crippen LogP contribution is 2.27. The van der Waals surface area contributed by atoms with Crippen LogP contribution >= 0.6 is 0 Å². The molecule has 2 rings (SSSR count). The number of hydrogen-bond donors (Lipinski definition) is 2. The van der Waals surface area contributed by atoms with Crippen LogP contribution in [0.4, 0.5) is 4.79 Å². The number of β-amino-alcohol motifs (C(OH)–C–C–N with tert-alkyl or cyclic N) is 1.